The minimum absolute atomic E-state index is 0.420. The summed E-state index contributed by atoms with van der Waals surface area (Å²) in [4.78, 5) is 3.92. The smallest absolute Gasteiger partial charge is 0.140 e. The highest BCUT2D eigenvalue weighted by Gasteiger charge is 2.15. The first-order valence-corrected chi connectivity index (χ1v) is 5.35. The Bertz CT molecular complexity index is 364. The molecule has 0 aromatic carbocycles. The number of nitriles is 1. The van der Waals surface area contributed by atoms with Gasteiger partial charge in [-0.1, -0.05) is 12.8 Å². The van der Waals surface area contributed by atoms with Gasteiger partial charge >= 0.3 is 0 Å². The van der Waals surface area contributed by atoms with E-state index in [-0.39, 0.29) is 0 Å². The van der Waals surface area contributed by atoms with Crippen molar-refractivity contribution in [2.24, 2.45) is 0 Å². The predicted molar refractivity (Wildman–Crippen MR) is 56.0 cm³/mol. The summed E-state index contributed by atoms with van der Waals surface area (Å²) in [5.74, 6) is 0. The fourth-order valence-corrected chi connectivity index (χ4v) is 1.89. The Morgan fingerprint density at radius 1 is 1.47 bits per heavy atom. The van der Waals surface area contributed by atoms with E-state index in [0.29, 0.717) is 18.4 Å². The lowest BCUT2D eigenvalue weighted by molar-refractivity contribution is 0.0456. The zero-order valence-corrected chi connectivity index (χ0v) is 8.65. The summed E-state index contributed by atoms with van der Waals surface area (Å²) >= 11 is 0. The maximum Gasteiger partial charge on any atom is 0.140 e. The molecule has 1 saturated carbocycles. The average Bonchev–Trinajstić information content (AvgIpc) is 2.79. The van der Waals surface area contributed by atoms with Crippen LogP contribution in [0.25, 0.3) is 0 Å². The highest BCUT2D eigenvalue weighted by Crippen LogP contribution is 2.21. The fraction of sp³-hybridized carbons (Fsp3) is 0.500. The Morgan fingerprint density at radius 3 is 3.00 bits per heavy atom. The largest absolute Gasteiger partial charge is 0.374 e. The minimum atomic E-state index is 0.420. The van der Waals surface area contributed by atoms with Gasteiger partial charge in [-0.25, -0.2) is 4.98 Å². The van der Waals surface area contributed by atoms with E-state index in [4.69, 9.17) is 10.00 Å². The van der Waals surface area contributed by atoms with Crippen LogP contribution in [0.5, 0.6) is 0 Å². The van der Waals surface area contributed by atoms with E-state index < -0.39 is 0 Å². The van der Waals surface area contributed by atoms with Gasteiger partial charge in [-0.2, -0.15) is 5.26 Å². The molecule has 1 aliphatic carbocycles. The van der Waals surface area contributed by atoms with Crippen molar-refractivity contribution >= 4 is 0 Å². The number of aromatic nitrogens is 1. The first kappa shape index (κ1) is 10.1. The molecule has 1 fully saturated rings. The lowest BCUT2D eigenvalue weighted by Crippen LogP contribution is -2.07. The molecule has 0 amide bonds. The Hall–Kier alpha value is -1.40. The summed E-state index contributed by atoms with van der Waals surface area (Å²) in [6, 6.07) is 5.71. The maximum atomic E-state index is 8.69. The van der Waals surface area contributed by atoms with Gasteiger partial charge in [0.1, 0.15) is 11.8 Å². The van der Waals surface area contributed by atoms with Gasteiger partial charge in [0, 0.05) is 6.20 Å². The number of pyridine rings is 1. The van der Waals surface area contributed by atoms with Gasteiger partial charge in [0.2, 0.25) is 0 Å². The molecule has 0 aliphatic heterocycles. The van der Waals surface area contributed by atoms with Crippen LogP contribution >= 0.6 is 0 Å². The standard InChI is InChI=1S/C12H14N2O/c13-8-11-7-10(5-6-14-11)9-15-12-3-1-2-4-12/h5-7,12H,1-4,9H2. The third-order valence-corrected chi connectivity index (χ3v) is 2.73. The molecule has 78 valence electrons. The molecule has 1 heterocycles. The Kier molecular flexibility index (Phi) is 3.31. The predicted octanol–water partition coefficient (Wildman–Crippen LogP) is 2.41. The van der Waals surface area contributed by atoms with Gasteiger partial charge in [0.15, 0.2) is 0 Å². The van der Waals surface area contributed by atoms with Gasteiger partial charge in [-0.3, -0.25) is 0 Å². The number of rotatable bonds is 3. The van der Waals surface area contributed by atoms with Gasteiger partial charge in [0.25, 0.3) is 0 Å². The Labute approximate surface area is 89.7 Å². The van der Waals surface area contributed by atoms with Crippen molar-refractivity contribution in [3.63, 3.8) is 0 Å². The van der Waals surface area contributed by atoms with Gasteiger partial charge in [-0.15, -0.1) is 0 Å². The lowest BCUT2D eigenvalue weighted by Gasteiger charge is -2.10. The van der Waals surface area contributed by atoms with E-state index in [9.17, 15) is 0 Å². The first-order chi connectivity index (χ1) is 7.38. The van der Waals surface area contributed by atoms with Crippen LogP contribution in [-0.4, -0.2) is 11.1 Å². The summed E-state index contributed by atoms with van der Waals surface area (Å²) in [6.45, 7) is 0.599. The number of hydrogen-bond donors (Lipinski definition) is 0. The van der Waals surface area contributed by atoms with Gasteiger partial charge in [0.05, 0.1) is 12.7 Å². The molecule has 3 heteroatoms. The van der Waals surface area contributed by atoms with Crippen molar-refractivity contribution in [1.29, 1.82) is 5.26 Å². The Balaban J connectivity index is 1.90. The molecule has 0 bridgehead atoms. The van der Waals surface area contributed by atoms with E-state index >= 15 is 0 Å². The Morgan fingerprint density at radius 2 is 2.27 bits per heavy atom. The molecule has 0 radical (unpaired) electrons. The molecule has 0 unspecified atom stereocenters. The highest BCUT2D eigenvalue weighted by molar-refractivity contribution is 5.24. The number of nitrogens with zero attached hydrogens (tertiary/aromatic N) is 2. The molecule has 0 N–H and O–H groups in total. The second-order valence-corrected chi connectivity index (χ2v) is 3.88. The van der Waals surface area contributed by atoms with E-state index in [1.807, 2.05) is 12.1 Å². The topological polar surface area (TPSA) is 45.9 Å². The molecular weight excluding hydrogens is 188 g/mol. The quantitative estimate of drug-likeness (QED) is 0.756. The van der Waals surface area contributed by atoms with Crippen LogP contribution in [0.4, 0.5) is 0 Å². The fourth-order valence-electron chi connectivity index (χ4n) is 1.89. The van der Waals surface area contributed by atoms with Gasteiger partial charge in [-0.05, 0) is 30.5 Å². The minimum Gasteiger partial charge on any atom is -0.374 e. The summed E-state index contributed by atoms with van der Waals surface area (Å²) in [5.41, 5.74) is 1.50. The van der Waals surface area contributed by atoms with E-state index in [0.717, 1.165) is 5.56 Å². The summed E-state index contributed by atoms with van der Waals surface area (Å²) in [6.07, 6.45) is 7.00. The van der Waals surface area contributed by atoms with Crippen molar-refractivity contribution < 1.29 is 4.74 Å². The van der Waals surface area contributed by atoms with Crippen LogP contribution in [0.2, 0.25) is 0 Å². The van der Waals surface area contributed by atoms with Crippen LogP contribution < -0.4 is 0 Å². The van der Waals surface area contributed by atoms with Crippen molar-refractivity contribution in [2.45, 2.75) is 38.4 Å². The van der Waals surface area contributed by atoms with Crippen LogP contribution in [0.15, 0.2) is 18.3 Å². The van der Waals surface area contributed by atoms with Crippen LogP contribution in [0.1, 0.15) is 36.9 Å². The maximum absolute atomic E-state index is 8.69. The van der Waals surface area contributed by atoms with Crippen LogP contribution in [0.3, 0.4) is 0 Å². The monoisotopic (exact) mass is 202 g/mol. The second-order valence-electron chi connectivity index (χ2n) is 3.88. The van der Waals surface area contributed by atoms with Crippen LogP contribution in [-0.2, 0) is 11.3 Å². The molecule has 3 nitrogen and oxygen atoms in total. The SMILES string of the molecule is N#Cc1cc(COC2CCCC2)ccn1. The molecule has 2 rings (SSSR count). The van der Waals surface area contributed by atoms with Crippen molar-refractivity contribution in [3.05, 3.63) is 29.6 Å². The molecular formula is C12H14N2O. The lowest BCUT2D eigenvalue weighted by atomic mass is 10.2. The first-order valence-electron chi connectivity index (χ1n) is 5.35. The molecule has 0 saturated heterocycles. The molecule has 0 atom stereocenters. The third-order valence-electron chi connectivity index (χ3n) is 2.73. The van der Waals surface area contributed by atoms with E-state index in [2.05, 4.69) is 4.98 Å². The number of ether oxygens (including phenoxy) is 1. The normalized spacial score (nSPS) is 16.5. The zero-order chi connectivity index (χ0) is 10.5. The molecule has 1 aliphatic rings. The van der Waals surface area contributed by atoms with Crippen molar-refractivity contribution in [2.75, 3.05) is 0 Å². The molecule has 1 aromatic heterocycles. The average molecular weight is 202 g/mol. The van der Waals surface area contributed by atoms with E-state index in [1.54, 1.807) is 12.3 Å². The van der Waals surface area contributed by atoms with E-state index in [1.165, 1.54) is 25.7 Å². The van der Waals surface area contributed by atoms with Crippen LogP contribution in [0, 0.1) is 11.3 Å². The van der Waals surface area contributed by atoms with Crippen molar-refractivity contribution in [3.8, 4) is 6.07 Å². The molecule has 0 spiro atoms. The third kappa shape index (κ3) is 2.77. The second kappa shape index (κ2) is 4.90. The van der Waals surface area contributed by atoms with Crippen molar-refractivity contribution in [1.82, 2.24) is 4.98 Å². The summed E-state index contributed by atoms with van der Waals surface area (Å²) < 4.78 is 5.75. The molecule has 15 heavy (non-hydrogen) atoms. The molecule has 1 aromatic rings. The summed E-state index contributed by atoms with van der Waals surface area (Å²) in [5, 5.41) is 8.69. The van der Waals surface area contributed by atoms with Gasteiger partial charge < -0.3 is 4.74 Å². The zero-order valence-electron chi connectivity index (χ0n) is 8.65. The highest BCUT2D eigenvalue weighted by atomic mass is 16.5. The number of hydrogen-bond acceptors (Lipinski definition) is 3. The summed E-state index contributed by atoms with van der Waals surface area (Å²) in [7, 11) is 0.